The number of anilines is 1. The number of aromatic nitrogens is 1. The number of hydrogen-bond acceptors (Lipinski definition) is 6. The van der Waals surface area contributed by atoms with Crippen LogP contribution in [0.4, 0.5) is 14.6 Å². The summed E-state index contributed by atoms with van der Waals surface area (Å²) < 4.78 is 45.1. The first-order valence-electron chi connectivity index (χ1n) is 11.0. The van der Waals surface area contributed by atoms with Gasteiger partial charge in [-0.1, -0.05) is 23.7 Å². The van der Waals surface area contributed by atoms with Crippen LogP contribution < -0.4 is 15.2 Å². The summed E-state index contributed by atoms with van der Waals surface area (Å²) in [4.78, 5) is 6.50. The Morgan fingerprint density at radius 1 is 1.09 bits per heavy atom. The second kappa shape index (κ2) is 11.0. The molecule has 0 aliphatic carbocycles. The van der Waals surface area contributed by atoms with Crippen LogP contribution in [-0.4, -0.2) is 49.3 Å². The first-order valence-corrected chi connectivity index (χ1v) is 11.4. The van der Waals surface area contributed by atoms with Gasteiger partial charge < -0.3 is 19.9 Å². The number of nitrogens with two attached hydrogens (primary N) is 1. The van der Waals surface area contributed by atoms with Crippen molar-refractivity contribution in [1.29, 1.82) is 0 Å². The minimum Gasteiger partial charge on any atom is -0.492 e. The maximum absolute atomic E-state index is 14.3. The van der Waals surface area contributed by atoms with Crippen molar-refractivity contribution in [3.63, 3.8) is 0 Å². The van der Waals surface area contributed by atoms with Crippen LogP contribution in [0.25, 0.3) is 11.1 Å². The van der Waals surface area contributed by atoms with Crippen LogP contribution in [0.15, 0.2) is 48.7 Å². The van der Waals surface area contributed by atoms with Gasteiger partial charge in [0.05, 0.1) is 18.2 Å². The molecule has 9 heteroatoms. The van der Waals surface area contributed by atoms with Gasteiger partial charge in [-0.3, -0.25) is 4.90 Å². The van der Waals surface area contributed by atoms with Crippen molar-refractivity contribution < 1.29 is 23.0 Å². The molecule has 1 aromatic heterocycles. The van der Waals surface area contributed by atoms with Crippen molar-refractivity contribution in [2.75, 3.05) is 45.2 Å². The third kappa shape index (κ3) is 5.75. The predicted molar refractivity (Wildman–Crippen MR) is 127 cm³/mol. The number of halogens is 3. The van der Waals surface area contributed by atoms with E-state index < -0.39 is 17.7 Å². The standard InChI is InChI=1S/C25H26ClF2N3O3/c1-16(23-20(27)6-7-21(28)24(23)26)34-22-14-18(15-30-25(22)29)17-2-4-19(5-3-17)33-13-10-31-8-11-32-12-9-31/h2-7,14-16H,8-13H2,1H3,(H2,29,30). The van der Waals surface area contributed by atoms with Crippen LogP contribution >= 0.6 is 11.6 Å². The molecule has 2 N–H and O–H groups in total. The van der Waals surface area contributed by atoms with Gasteiger partial charge in [-0.25, -0.2) is 13.8 Å². The highest BCUT2D eigenvalue weighted by atomic mass is 35.5. The summed E-state index contributed by atoms with van der Waals surface area (Å²) in [5.74, 6) is -0.240. The Labute approximate surface area is 202 Å². The van der Waals surface area contributed by atoms with Gasteiger partial charge in [0.25, 0.3) is 0 Å². The third-order valence-electron chi connectivity index (χ3n) is 5.64. The van der Waals surface area contributed by atoms with E-state index in [0.717, 1.165) is 61.9 Å². The number of morpholine rings is 1. The number of hydrogen-bond donors (Lipinski definition) is 1. The molecule has 0 amide bonds. The summed E-state index contributed by atoms with van der Waals surface area (Å²) in [6.45, 7) is 6.39. The highest BCUT2D eigenvalue weighted by molar-refractivity contribution is 6.31. The molecule has 2 heterocycles. The van der Waals surface area contributed by atoms with Crippen molar-refractivity contribution >= 4 is 17.4 Å². The Hall–Kier alpha value is -2.94. The average molecular weight is 490 g/mol. The fourth-order valence-electron chi connectivity index (χ4n) is 3.73. The van der Waals surface area contributed by atoms with Crippen LogP contribution in [0.2, 0.25) is 5.02 Å². The van der Waals surface area contributed by atoms with E-state index in [4.69, 9.17) is 31.5 Å². The van der Waals surface area contributed by atoms with Crippen LogP contribution in [0, 0.1) is 11.6 Å². The Morgan fingerprint density at radius 2 is 1.79 bits per heavy atom. The lowest BCUT2D eigenvalue weighted by atomic mass is 10.1. The Bertz CT molecular complexity index is 1130. The topological polar surface area (TPSA) is 69.8 Å². The molecule has 6 nitrogen and oxygen atoms in total. The largest absolute Gasteiger partial charge is 0.492 e. The van der Waals surface area contributed by atoms with Gasteiger partial charge in [0.2, 0.25) is 0 Å². The zero-order valence-electron chi connectivity index (χ0n) is 18.8. The van der Waals surface area contributed by atoms with E-state index >= 15 is 0 Å². The van der Waals surface area contributed by atoms with E-state index in [-0.39, 0.29) is 22.2 Å². The van der Waals surface area contributed by atoms with Gasteiger partial charge in [0.1, 0.15) is 30.1 Å². The van der Waals surface area contributed by atoms with Crippen molar-refractivity contribution in [2.24, 2.45) is 0 Å². The summed E-state index contributed by atoms with van der Waals surface area (Å²) in [6.07, 6.45) is 0.737. The molecule has 0 radical (unpaired) electrons. The monoisotopic (exact) mass is 489 g/mol. The molecule has 0 saturated carbocycles. The molecule has 180 valence electrons. The van der Waals surface area contributed by atoms with E-state index in [2.05, 4.69) is 9.88 Å². The molecule has 1 fully saturated rings. The first kappa shape index (κ1) is 24.2. The zero-order chi connectivity index (χ0) is 24.1. The Morgan fingerprint density at radius 3 is 2.53 bits per heavy atom. The van der Waals surface area contributed by atoms with E-state index in [1.54, 1.807) is 19.2 Å². The van der Waals surface area contributed by atoms with Gasteiger partial charge in [0.15, 0.2) is 11.6 Å². The number of rotatable bonds is 8. The first-order chi connectivity index (χ1) is 16.4. The number of nitrogen functional groups attached to an aromatic ring is 1. The van der Waals surface area contributed by atoms with Crippen molar-refractivity contribution in [1.82, 2.24) is 9.88 Å². The normalized spacial score (nSPS) is 15.2. The summed E-state index contributed by atoms with van der Waals surface area (Å²) >= 11 is 5.96. The molecule has 4 rings (SSSR count). The van der Waals surface area contributed by atoms with Gasteiger partial charge >= 0.3 is 0 Å². The van der Waals surface area contributed by atoms with E-state index in [9.17, 15) is 8.78 Å². The van der Waals surface area contributed by atoms with E-state index in [1.165, 1.54) is 0 Å². The quantitative estimate of drug-likeness (QED) is 0.443. The van der Waals surface area contributed by atoms with Crippen LogP contribution in [-0.2, 0) is 4.74 Å². The maximum Gasteiger partial charge on any atom is 0.166 e. The lowest BCUT2D eigenvalue weighted by Crippen LogP contribution is -2.38. The fourth-order valence-corrected chi connectivity index (χ4v) is 4.04. The molecule has 3 aromatic rings. The minimum atomic E-state index is -0.884. The summed E-state index contributed by atoms with van der Waals surface area (Å²) in [6, 6.07) is 11.3. The highest BCUT2D eigenvalue weighted by Crippen LogP contribution is 2.35. The molecule has 1 atom stereocenters. The molecular formula is C25H26ClF2N3O3. The number of nitrogens with zero attached hydrogens (tertiary/aromatic N) is 2. The van der Waals surface area contributed by atoms with Gasteiger partial charge in [-0.05, 0) is 42.8 Å². The van der Waals surface area contributed by atoms with Crippen molar-refractivity contribution in [3.8, 4) is 22.6 Å². The van der Waals surface area contributed by atoms with Crippen LogP contribution in [0.5, 0.6) is 11.5 Å². The number of ether oxygens (including phenoxy) is 3. The maximum atomic E-state index is 14.3. The highest BCUT2D eigenvalue weighted by Gasteiger charge is 2.21. The van der Waals surface area contributed by atoms with Gasteiger partial charge in [-0.15, -0.1) is 0 Å². The fraction of sp³-hybridized carbons (Fsp3) is 0.320. The number of benzene rings is 2. The SMILES string of the molecule is CC(Oc1cc(-c2ccc(OCCN3CCOCC3)cc2)cnc1N)c1c(F)ccc(F)c1Cl. The Kier molecular flexibility index (Phi) is 7.82. The molecule has 34 heavy (non-hydrogen) atoms. The molecule has 2 aromatic carbocycles. The second-order valence-electron chi connectivity index (χ2n) is 7.95. The second-order valence-corrected chi connectivity index (χ2v) is 8.33. The molecule has 1 aliphatic heterocycles. The molecule has 0 bridgehead atoms. The number of pyridine rings is 1. The summed E-state index contributed by atoms with van der Waals surface area (Å²) in [5.41, 5.74) is 7.52. The molecular weight excluding hydrogens is 464 g/mol. The van der Waals surface area contributed by atoms with E-state index in [1.807, 2.05) is 24.3 Å². The van der Waals surface area contributed by atoms with Crippen LogP contribution in [0.1, 0.15) is 18.6 Å². The molecule has 1 aliphatic rings. The molecule has 1 unspecified atom stereocenters. The van der Waals surface area contributed by atoms with Crippen molar-refractivity contribution in [3.05, 3.63) is 70.9 Å². The smallest absolute Gasteiger partial charge is 0.166 e. The van der Waals surface area contributed by atoms with Gasteiger partial charge in [0, 0.05) is 37.0 Å². The lowest BCUT2D eigenvalue weighted by molar-refractivity contribution is 0.0322. The van der Waals surface area contributed by atoms with Crippen LogP contribution in [0.3, 0.4) is 0 Å². The van der Waals surface area contributed by atoms with E-state index in [0.29, 0.717) is 6.61 Å². The Balaban J connectivity index is 1.43. The molecule has 0 spiro atoms. The zero-order valence-corrected chi connectivity index (χ0v) is 19.5. The summed E-state index contributed by atoms with van der Waals surface area (Å²) in [5, 5.41) is -0.320. The minimum absolute atomic E-state index is 0.0787. The lowest BCUT2D eigenvalue weighted by Gasteiger charge is -2.26. The average Bonchev–Trinajstić information content (AvgIpc) is 2.84. The molecule has 1 saturated heterocycles. The predicted octanol–water partition coefficient (Wildman–Crippen LogP) is 5.11. The van der Waals surface area contributed by atoms with Crippen molar-refractivity contribution in [2.45, 2.75) is 13.0 Å². The third-order valence-corrected chi connectivity index (χ3v) is 6.02. The summed E-state index contributed by atoms with van der Waals surface area (Å²) in [7, 11) is 0. The van der Waals surface area contributed by atoms with Gasteiger partial charge in [-0.2, -0.15) is 0 Å².